The van der Waals surface area contributed by atoms with E-state index < -0.39 is 36.3 Å². The van der Waals surface area contributed by atoms with Gasteiger partial charge in [0.05, 0.1) is 49.3 Å². The number of piperazine rings is 1. The smallest absolute Gasteiger partial charge is 0.318 e. The Morgan fingerprint density at radius 1 is 0.981 bits per heavy atom. The van der Waals surface area contributed by atoms with Crippen molar-refractivity contribution in [2.24, 2.45) is 17.8 Å². The predicted octanol–water partition coefficient (Wildman–Crippen LogP) is 3.00. The van der Waals surface area contributed by atoms with Gasteiger partial charge in [-0.2, -0.15) is 0 Å². The predicted molar refractivity (Wildman–Crippen MR) is 206 cm³/mol. The highest BCUT2D eigenvalue weighted by Gasteiger charge is 2.43. The molecule has 300 valence electrons. The highest BCUT2D eigenvalue weighted by molar-refractivity contribution is 5.88. The second kappa shape index (κ2) is 21.0. The molecular formula is C40H68N6O7. The fourth-order valence-electron chi connectivity index (χ4n) is 8.09. The molecule has 3 N–H and O–H groups in total. The van der Waals surface area contributed by atoms with Gasteiger partial charge in [-0.3, -0.25) is 14.4 Å². The van der Waals surface area contributed by atoms with Crippen LogP contribution in [0.4, 0.5) is 4.79 Å². The average Bonchev–Trinajstić information content (AvgIpc) is 3.62. The number of hydrogen-bond donors (Lipinski definition) is 3. The van der Waals surface area contributed by atoms with Gasteiger partial charge in [-0.25, -0.2) is 4.79 Å². The summed E-state index contributed by atoms with van der Waals surface area (Å²) in [5.41, 5.74) is 1.01. The maximum atomic E-state index is 14.2. The molecule has 0 saturated carbocycles. The zero-order valence-corrected chi connectivity index (χ0v) is 33.9. The summed E-state index contributed by atoms with van der Waals surface area (Å²) >= 11 is 0. The minimum absolute atomic E-state index is 0.0111. The van der Waals surface area contributed by atoms with E-state index in [4.69, 9.17) is 9.47 Å². The van der Waals surface area contributed by atoms with Crippen LogP contribution in [-0.2, 0) is 30.3 Å². The fraction of sp³-hybridized carbons (Fsp3) is 0.750. The lowest BCUT2D eigenvalue weighted by atomic mass is 9.89. The van der Waals surface area contributed by atoms with Crippen molar-refractivity contribution in [2.75, 3.05) is 61.1 Å². The van der Waals surface area contributed by atoms with Crippen LogP contribution in [0.25, 0.3) is 0 Å². The molecule has 0 bridgehead atoms. The molecule has 2 aliphatic heterocycles. The van der Waals surface area contributed by atoms with Gasteiger partial charge in [0.25, 0.3) is 0 Å². The fourth-order valence-corrected chi connectivity index (χ4v) is 8.09. The first-order chi connectivity index (χ1) is 25.2. The largest absolute Gasteiger partial charge is 0.394 e. The van der Waals surface area contributed by atoms with E-state index in [0.717, 1.165) is 31.5 Å². The summed E-state index contributed by atoms with van der Waals surface area (Å²) < 4.78 is 12.0. The quantitative estimate of drug-likeness (QED) is 0.208. The van der Waals surface area contributed by atoms with E-state index in [1.54, 1.807) is 42.9 Å². The van der Waals surface area contributed by atoms with Crippen LogP contribution in [0.1, 0.15) is 72.8 Å². The summed E-state index contributed by atoms with van der Waals surface area (Å²) in [5.74, 6) is -1.36. The van der Waals surface area contributed by atoms with Crippen LogP contribution in [0.15, 0.2) is 30.3 Å². The molecule has 9 atom stereocenters. The Morgan fingerprint density at radius 2 is 1.66 bits per heavy atom. The summed E-state index contributed by atoms with van der Waals surface area (Å²) in [6, 6.07) is 7.49. The molecule has 0 spiro atoms. The van der Waals surface area contributed by atoms with Crippen molar-refractivity contribution in [2.45, 2.75) is 116 Å². The summed E-state index contributed by atoms with van der Waals surface area (Å²) in [4.78, 5) is 62.8. The SMILES string of the molecule is CC[C@H](C)[C@@H]([C@@H](CC(=O)N1CCCC1[C@H](OC)[C@@H](C)C(=O)NC(CO)Cc1ccccc1)OC)N(C)C(=O)C(NC(=O)N1CCN(C)CC1C)C(C)C. The number of carbonyl (C=O) groups excluding carboxylic acids is 4. The lowest BCUT2D eigenvalue weighted by Gasteiger charge is -2.42. The molecule has 0 aliphatic carbocycles. The number of carbonyl (C=O) groups is 4. The Labute approximate surface area is 318 Å². The molecule has 53 heavy (non-hydrogen) atoms. The molecule has 1 aromatic carbocycles. The number of benzene rings is 1. The van der Waals surface area contributed by atoms with Gasteiger partial charge in [-0.15, -0.1) is 0 Å². The Kier molecular flexibility index (Phi) is 17.5. The number of likely N-dealkylation sites (tertiary alicyclic amines) is 1. The van der Waals surface area contributed by atoms with E-state index in [9.17, 15) is 24.3 Å². The van der Waals surface area contributed by atoms with Gasteiger partial charge in [0.2, 0.25) is 17.7 Å². The minimum Gasteiger partial charge on any atom is -0.394 e. The number of amides is 5. The van der Waals surface area contributed by atoms with Crippen LogP contribution in [0.3, 0.4) is 0 Å². The third-order valence-corrected chi connectivity index (χ3v) is 11.5. The maximum Gasteiger partial charge on any atom is 0.318 e. The van der Waals surface area contributed by atoms with Gasteiger partial charge >= 0.3 is 6.03 Å². The Morgan fingerprint density at radius 3 is 2.23 bits per heavy atom. The molecule has 5 amide bonds. The number of hydrogen-bond acceptors (Lipinski definition) is 8. The lowest BCUT2D eigenvalue weighted by Crippen LogP contribution is -2.61. The van der Waals surface area contributed by atoms with Crippen molar-refractivity contribution < 1.29 is 33.8 Å². The number of ether oxygens (including phenoxy) is 2. The zero-order chi connectivity index (χ0) is 39.4. The summed E-state index contributed by atoms with van der Waals surface area (Å²) in [6.45, 7) is 14.2. The summed E-state index contributed by atoms with van der Waals surface area (Å²) in [5, 5.41) is 16.1. The van der Waals surface area contributed by atoms with E-state index in [0.29, 0.717) is 25.9 Å². The average molecular weight is 745 g/mol. The molecule has 13 nitrogen and oxygen atoms in total. The Hall–Kier alpha value is -3.26. The number of nitrogens with one attached hydrogen (secondary N) is 2. The number of urea groups is 1. The number of likely N-dealkylation sites (N-methyl/N-ethyl adjacent to an activating group) is 2. The first-order valence-electron chi connectivity index (χ1n) is 19.5. The third kappa shape index (κ3) is 11.6. The van der Waals surface area contributed by atoms with Gasteiger partial charge < -0.3 is 44.8 Å². The molecule has 0 aromatic heterocycles. The zero-order valence-electron chi connectivity index (χ0n) is 33.9. The molecule has 4 unspecified atom stereocenters. The minimum atomic E-state index is -0.754. The van der Waals surface area contributed by atoms with Crippen LogP contribution in [0.2, 0.25) is 0 Å². The van der Waals surface area contributed by atoms with Crippen LogP contribution in [-0.4, -0.2) is 152 Å². The van der Waals surface area contributed by atoms with Crippen molar-refractivity contribution >= 4 is 23.8 Å². The van der Waals surface area contributed by atoms with Crippen LogP contribution >= 0.6 is 0 Å². The molecular weight excluding hydrogens is 676 g/mol. The van der Waals surface area contributed by atoms with Crippen LogP contribution in [0.5, 0.6) is 0 Å². The van der Waals surface area contributed by atoms with Crippen molar-refractivity contribution in [3.8, 4) is 0 Å². The van der Waals surface area contributed by atoms with Gasteiger partial charge in [-0.05, 0) is 50.6 Å². The van der Waals surface area contributed by atoms with Crippen molar-refractivity contribution in [1.82, 2.24) is 30.2 Å². The molecule has 1 aromatic rings. The summed E-state index contributed by atoms with van der Waals surface area (Å²) in [6.07, 6.45) is 1.56. The van der Waals surface area contributed by atoms with Gasteiger partial charge in [0.15, 0.2) is 0 Å². The van der Waals surface area contributed by atoms with Crippen molar-refractivity contribution in [1.29, 1.82) is 0 Å². The molecule has 2 saturated heterocycles. The second-order valence-corrected chi connectivity index (χ2v) is 15.6. The van der Waals surface area contributed by atoms with Gasteiger partial charge in [0.1, 0.15) is 6.04 Å². The molecule has 2 aliphatic rings. The van der Waals surface area contributed by atoms with E-state index >= 15 is 0 Å². The highest BCUT2D eigenvalue weighted by atomic mass is 16.5. The molecule has 3 rings (SSSR count). The third-order valence-electron chi connectivity index (χ3n) is 11.5. The van der Waals surface area contributed by atoms with Crippen molar-refractivity contribution in [3.63, 3.8) is 0 Å². The first-order valence-corrected chi connectivity index (χ1v) is 19.5. The number of aliphatic hydroxyl groups excluding tert-OH is 1. The van der Waals surface area contributed by atoms with E-state index in [2.05, 4.69) is 22.5 Å². The van der Waals surface area contributed by atoms with Crippen molar-refractivity contribution in [3.05, 3.63) is 35.9 Å². The van der Waals surface area contributed by atoms with E-state index in [-0.39, 0.29) is 60.7 Å². The molecule has 2 heterocycles. The van der Waals surface area contributed by atoms with E-state index in [1.165, 1.54) is 0 Å². The molecule has 2 fully saturated rings. The Balaban J connectivity index is 1.74. The van der Waals surface area contributed by atoms with Crippen LogP contribution < -0.4 is 10.6 Å². The first kappa shape index (κ1) is 44.1. The number of methoxy groups -OCH3 is 2. The van der Waals surface area contributed by atoms with Crippen LogP contribution in [0, 0.1) is 17.8 Å². The van der Waals surface area contributed by atoms with Gasteiger partial charge in [0, 0.05) is 53.5 Å². The second-order valence-electron chi connectivity index (χ2n) is 15.6. The Bertz CT molecular complexity index is 1320. The van der Waals surface area contributed by atoms with Gasteiger partial charge in [-0.1, -0.05) is 71.4 Å². The highest BCUT2D eigenvalue weighted by Crippen LogP contribution is 2.30. The lowest BCUT2D eigenvalue weighted by molar-refractivity contribution is -0.147. The topological polar surface area (TPSA) is 144 Å². The number of aliphatic hydroxyl groups is 1. The normalized spacial score (nSPS) is 22.0. The number of nitrogens with zero attached hydrogens (tertiary/aromatic N) is 4. The monoisotopic (exact) mass is 745 g/mol. The molecule has 13 heteroatoms. The van der Waals surface area contributed by atoms with E-state index in [1.807, 2.05) is 65.1 Å². The standard InChI is InChI=1S/C40H68N6O7/c1-11-27(4)36(44(8)39(50)35(26(2)3)42-40(51)45-21-20-43(7)24-28(45)5)33(52-9)23-34(48)46-19-15-18-32(46)37(53-10)29(6)38(49)41-31(25-47)22-30-16-13-12-14-17-30/h12-14,16-17,26-29,31-33,35-37,47H,11,15,18-25H2,1-10H3,(H,41,49)(H,42,51)/t27-,28?,29+,31?,32?,33+,35?,36-,37+/m0/s1. The number of rotatable bonds is 18. The summed E-state index contributed by atoms with van der Waals surface area (Å²) in [7, 11) is 6.91. The molecule has 0 radical (unpaired) electrons. The maximum absolute atomic E-state index is 14.2.